The standard InChI is InChI=1S/C15H14O2/c1-9-11-7-3-5-10-6-4-8-12(13(10)11)15(9,2)14(16)17/h3-9H,1-2H3,(H,16,17)/t9-,15+/m0/s1. The summed E-state index contributed by atoms with van der Waals surface area (Å²) in [6, 6.07) is 12.0. The van der Waals surface area contributed by atoms with Crippen molar-refractivity contribution in [3.63, 3.8) is 0 Å². The summed E-state index contributed by atoms with van der Waals surface area (Å²) in [6.45, 7) is 3.83. The highest BCUT2D eigenvalue weighted by Crippen LogP contribution is 2.50. The molecule has 0 saturated heterocycles. The van der Waals surface area contributed by atoms with E-state index in [1.165, 1.54) is 0 Å². The number of carboxylic acids is 1. The number of benzene rings is 2. The summed E-state index contributed by atoms with van der Waals surface area (Å²) in [5.41, 5.74) is 1.30. The lowest BCUT2D eigenvalue weighted by molar-refractivity contribution is -0.143. The van der Waals surface area contributed by atoms with Gasteiger partial charge in [0, 0.05) is 5.92 Å². The maximum Gasteiger partial charge on any atom is 0.314 e. The van der Waals surface area contributed by atoms with Gasteiger partial charge < -0.3 is 5.11 Å². The molecule has 2 nitrogen and oxygen atoms in total. The fourth-order valence-corrected chi connectivity index (χ4v) is 3.01. The summed E-state index contributed by atoms with van der Waals surface area (Å²) in [5, 5.41) is 11.8. The molecule has 0 radical (unpaired) electrons. The van der Waals surface area contributed by atoms with Gasteiger partial charge in [0.05, 0.1) is 5.41 Å². The number of rotatable bonds is 1. The summed E-state index contributed by atoms with van der Waals surface area (Å²) < 4.78 is 0. The second-order valence-corrected chi connectivity index (χ2v) is 4.98. The zero-order valence-electron chi connectivity index (χ0n) is 9.90. The van der Waals surface area contributed by atoms with Gasteiger partial charge in [-0.2, -0.15) is 0 Å². The Balaban J connectivity index is 2.46. The Hall–Kier alpha value is -1.83. The first kappa shape index (κ1) is 10.3. The highest BCUT2D eigenvalue weighted by atomic mass is 16.4. The van der Waals surface area contributed by atoms with Gasteiger partial charge in [0.15, 0.2) is 0 Å². The van der Waals surface area contributed by atoms with Crippen LogP contribution in [0.2, 0.25) is 0 Å². The van der Waals surface area contributed by atoms with Crippen LogP contribution in [0, 0.1) is 0 Å². The van der Waals surface area contributed by atoms with Gasteiger partial charge in [-0.15, -0.1) is 0 Å². The molecule has 2 aromatic carbocycles. The van der Waals surface area contributed by atoms with Gasteiger partial charge in [-0.05, 0) is 28.8 Å². The van der Waals surface area contributed by atoms with Crippen molar-refractivity contribution in [3.8, 4) is 0 Å². The molecule has 0 aromatic heterocycles. The molecule has 1 aliphatic carbocycles. The van der Waals surface area contributed by atoms with Gasteiger partial charge in [0.1, 0.15) is 0 Å². The zero-order valence-corrected chi connectivity index (χ0v) is 9.90. The van der Waals surface area contributed by atoms with E-state index in [0.29, 0.717) is 0 Å². The first-order valence-electron chi connectivity index (χ1n) is 5.82. The van der Waals surface area contributed by atoms with Crippen molar-refractivity contribution in [2.45, 2.75) is 25.2 Å². The molecule has 3 rings (SSSR count). The smallest absolute Gasteiger partial charge is 0.314 e. The molecule has 2 heteroatoms. The molecule has 0 aliphatic heterocycles. The van der Waals surface area contributed by atoms with Crippen LogP contribution in [0.25, 0.3) is 10.8 Å². The Morgan fingerprint density at radius 2 is 1.88 bits per heavy atom. The second-order valence-electron chi connectivity index (χ2n) is 4.98. The van der Waals surface area contributed by atoms with E-state index in [0.717, 1.165) is 21.9 Å². The normalized spacial score (nSPS) is 26.4. The molecule has 2 atom stereocenters. The molecular formula is C15H14O2. The Morgan fingerprint density at radius 1 is 1.24 bits per heavy atom. The fourth-order valence-electron chi connectivity index (χ4n) is 3.01. The minimum absolute atomic E-state index is 0.0149. The summed E-state index contributed by atoms with van der Waals surface area (Å²) in [6.07, 6.45) is 0. The van der Waals surface area contributed by atoms with E-state index in [1.54, 1.807) is 0 Å². The maximum atomic E-state index is 11.6. The van der Waals surface area contributed by atoms with Crippen molar-refractivity contribution in [1.82, 2.24) is 0 Å². The molecule has 2 aromatic rings. The van der Waals surface area contributed by atoms with Gasteiger partial charge in [-0.25, -0.2) is 0 Å². The van der Waals surface area contributed by atoms with E-state index in [1.807, 2.05) is 50.2 Å². The van der Waals surface area contributed by atoms with Crippen LogP contribution in [0.1, 0.15) is 30.9 Å². The number of aliphatic carboxylic acids is 1. The molecule has 1 N–H and O–H groups in total. The van der Waals surface area contributed by atoms with Crippen LogP contribution in [0.3, 0.4) is 0 Å². The number of hydrogen-bond acceptors (Lipinski definition) is 1. The van der Waals surface area contributed by atoms with E-state index < -0.39 is 11.4 Å². The van der Waals surface area contributed by atoms with Crippen LogP contribution in [0.15, 0.2) is 36.4 Å². The minimum Gasteiger partial charge on any atom is -0.481 e. The maximum absolute atomic E-state index is 11.6. The summed E-state index contributed by atoms with van der Waals surface area (Å²) in [5.74, 6) is -0.727. The number of hydrogen-bond donors (Lipinski definition) is 1. The van der Waals surface area contributed by atoms with Gasteiger partial charge >= 0.3 is 5.97 Å². The topological polar surface area (TPSA) is 37.3 Å². The van der Waals surface area contributed by atoms with Gasteiger partial charge in [0.25, 0.3) is 0 Å². The van der Waals surface area contributed by atoms with Crippen LogP contribution < -0.4 is 0 Å². The molecule has 0 unspecified atom stereocenters. The van der Waals surface area contributed by atoms with Crippen molar-refractivity contribution in [3.05, 3.63) is 47.5 Å². The van der Waals surface area contributed by atoms with E-state index in [4.69, 9.17) is 0 Å². The van der Waals surface area contributed by atoms with E-state index in [-0.39, 0.29) is 5.92 Å². The lowest BCUT2D eigenvalue weighted by Crippen LogP contribution is -2.34. The molecule has 86 valence electrons. The predicted molar refractivity (Wildman–Crippen MR) is 67.4 cm³/mol. The van der Waals surface area contributed by atoms with E-state index in [2.05, 4.69) is 0 Å². The SMILES string of the molecule is C[C@H]1c2cccc3cccc(c23)[C@]1(C)C(=O)O. The lowest BCUT2D eigenvalue weighted by Gasteiger charge is -2.26. The minimum atomic E-state index is -0.802. The fraction of sp³-hybridized carbons (Fsp3) is 0.267. The third-order valence-electron chi connectivity index (χ3n) is 4.27. The second kappa shape index (κ2) is 3.10. The van der Waals surface area contributed by atoms with Crippen LogP contribution in [-0.4, -0.2) is 11.1 Å². The lowest BCUT2D eigenvalue weighted by atomic mass is 9.76. The van der Waals surface area contributed by atoms with Crippen molar-refractivity contribution >= 4 is 16.7 Å². The third kappa shape index (κ3) is 1.08. The molecule has 0 spiro atoms. The molecule has 1 aliphatic rings. The van der Waals surface area contributed by atoms with Crippen molar-refractivity contribution in [1.29, 1.82) is 0 Å². The monoisotopic (exact) mass is 226 g/mol. The van der Waals surface area contributed by atoms with E-state index >= 15 is 0 Å². The number of carbonyl (C=O) groups is 1. The Kier molecular flexibility index (Phi) is 1.88. The number of carboxylic acid groups (broad SMARTS) is 1. The Labute approximate surface area is 99.9 Å². The first-order chi connectivity index (χ1) is 8.06. The summed E-state index contributed by atoms with van der Waals surface area (Å²) >= 11 is 0. The van der Waals surface area contributed by atoms with Crippen LogP contribution in [0.4, 0.5) is 0 Å². The zero-order chi connectivity index (χ0) is 12.2. The predicted octanol–water partition coefficient (Wildman–Crippen LogP) is 3.30. The van der Waals surface area contributed by atoms with Crippen molar-refractivity contribution in [2.75, 3.05) is 0 Å². The summed E-state index contributed by atoms with van der Waals surface area (Å²) in [4.78, 5) is 11.6. The molecule has 0 fully saturated rings. The third-order valence-corrected chi connectivity index (χ3v) is 4.27. The molecule has 0 amide bonds. The van der Waals surface area contributed by atoms with Crippen molar-refractivity contribution in [2.24, 2.45) is 0 Å². The van der Waals surface area contributed by atoms with Gasteiger partial charge in [-0.1, -0.05) is 43.3 Å². The molecule has 0 bridgehead atoms. The molecule has 0 heterocycles. The molecular weight excluding hydrogens is 212 g/mol. The summed E-state index contributed by atoms with van der Waals surface area (Å²) in [7, 11) is 0. The largest absolute Gasteiger partial charge is 0.481 e. The van der Waals surface area contributed by atoms with Gasteiger partial charge in [-0.3, -0.25) is 4.79 Å². The Bertz CT molecular complexity index is 625. The highest BCUT2D eigenvalue weighted by Gasteiger charge is 2.47. The highest BCUT2D eigenvalue weighted by molar-refractivity contribution is 5.99. The molecule has 0 saturated carbocycles. The van der Waals surface area contributed by atoms with Crippen LogP contribution in [-0.2, 0) is 10.2 Å². The average molecular weight is 226 g/mol. The van der Waals surface area contributed by atoms with Crippen LogP contribution >= 0.6 is 0 Å². The van der Waals surface area contributed by atoms with Crippen LogP contribution in [0.5, 0.6) is 0 Å². The van der Waals surface area contributed by atoms with Gasteiger partial charge in [0.2, 0.25) is 0 Å². The average Bonchev–Trinajstić information content (AvgIpc) is 2.56. The first-order valence-corrected chi connectivity index (χ1v) is 5.82. The van der Waals surface area contributed by atoms with E-state index in [9.17, 15) is 9.90 Å². The quantitative estimate of drug-likeness (QED) is 0.810. The molecule has 17 heavy (non-hydrogen) atoms. The Morgan fingerprint density at radius 3 is 2.53 bits per heavy atom. The van der Waals surface area contributed by atoms with Crippen molar-refractivity contribution < 1.29 is 9.90 Å².